The van der Waals surface area contributed by atoms with E-state index < -0.39 is 11.7 Å². The van der Waals surface area contributed by atoms with Crippen LogP contribution in [0.5, 0.6) is 0 Å². The summed E-state index contributed by atoms with van der Waals surface area (Å²) in [7, 11) is 0. The van der Waals surface area contributed by atoms with Gasteiger partial charge in [-0.2, -0.15) is 13.2 Å². The van der Waals surface area contributed by atoms with Crippen molar-refractivity contribution in [3.63, 3.8) is 0 Å². The molecular formula is C52H33F3N4. The molecule has 10 rings (SSSR count). The summed E-state index contributed by atoms with van der Waals surface area (Å²) in [6.07, 6.45) is -4.55. The summed E-state index contributed by atoms with van der Waals surface area (Å²) in [4.78, 5) is 14.8. The summed E-state index contributed by atoms with van der Waals surface area (Å²) in [6.45, 7) is 0. The van der Waals surface area contributed by atoms with Crippen molar-refractivity contribution in [3.05, 3.63) is 206 Å². The van der Waals surface area contributed by atoms with Crippen molar-refractivity contribution < 1.29 is 13.2 Å². The van der Waals surface area contributed by atoms with Gasteiger partial charge >= 0.3 is 6.18 Å². The lowest BCUT2D eigenvalue weighted by molar-refractivity contribution is -0.137. The zero-order valence-electron chi connectivity index (χ0n) is 31.5. The van der Waals surface area contributed by atoms with Crippen LogP contribution in [0.25, 0.3) is 95.0 Å². The number of halogens is 3. The molecule has 0 aliphatic heterocycles. The summed E-state index contributed by atoms with van der Waals surface area (Å²) in [5.74, 6) is 1.26. The van der Waals surface area contributed by atoms with Crippen molar-refractivity contribution in [2.45, 2.75) is 6.18 Å². The van der Waals surface area contributed by atoms with E-state index in [9.17, 15) is 13.2 Å². The topological polar surface area (TPSA) is 43.6 Å². The number of hydrogen-bond donors (Lipinski definition) is 0. The predicted octanol–water partition coefficient (Wildman–Crippen LogP) is 14.0. The lowest BCUT2D eigenvalue weighted by Crippen LogP contribution is -2.05. The predicted molar refractivity (Wildman–Crippen MR) is 232 cm³/mol. The zero-order chi connectivity index (χ0) is 39.9. The van der Waals surface area contributed by atoms with Crippen LogP contribution in [0.4, 0.5) is 13.2 Å². The van der Waals surface area contributed by atoms with E-state index in [-0.39, 0.29) is 0 Å². The van der Waals surface area contributed by atoms with Crippen LogP contribution in [0.15, 0.2) is 200 Å². The van der Waals surface area contributed by atoms with Gasteiger partial charge in [0.2, 0.25) is 0 Å². The SMILES string of the molecule is FC(F)(F)c1cccc(-c2cc(-n3c4cc(-c5ccccc5)ccc4c4ccc(-c5ccccc5)cc43)ccc2-c2nc(-c3ccccc3)nc(-c3ccccc3)n2)c1. The zero-order valence-corrected chi connectivity index (χ0v) is 31.5. The Balaban J connectivity index is 1.26. The van der Waals surface area contributed by atoms with E-state index in [0.717, 1.165) is 66.9 Å². The molecule has 0 aliphatic rings. The van der Waals surface area contributed by atoms with Gasteiger partial charge in [-0.25, -0.2) is 15.0 Å². The quantitative estimate of drug-likeness (QED) is 0.162. The molecule has 0 saturated heterocycles. The Morgan fingerprint density at radius 3 is 1.29 bits per heavy atom. The van der Waals surface area contributed by atoms with Crippen molar-refractivity contribution in [2.24, 2.45) is 0 Å². The summed E-state index contributed by atoms with van der Waals surface area (Å²) < 4.78 is 45.3. The number of rotatable bonds is 7. The van der Waals surface area contributed by atoms with Crippen LogP contribution < -0.4 is 0 Å². The van der Waals surface area contributed by atoms with E-state index in [2.05, 4.69) is 65.2 Å². The van der Waals surface area contributed by atoms with Crippen LogP contribution in [-0.4, -0.2) is 19.5 Å². The number of benzene rings is 8. The molecule has 0 saturated carbocycles. The average molecular weight is 771 g/mol. The van der Waals surface area contributed by atoms with Gasteiger partial charge in [-0.1, -0.05) is 158 Å². The number of fused-ring (bicyclic) bond motifs is 3. The molecule has 0 radical (unpaired) electrons. The Morgan fingerprint density at radius 2 is 0.797 bits per heavy atom. The molecule has 0 unspecified atom stereocenters. The van der Waals surface area contributed by atoms with Gasteiger partial charge in [-0.15, -0.1) is 0 Å². The van der Waals surface area contributed by atoms with Gasteiger partial charge in [-0.05, 0) is 75.8 Å². The lowest BCUT2D eigenvalue weighted by Gasteiger charge is -2.17. The van der Waals surface area contributed by atoms with Crippen LogP contribution in [0.2, 0.25) is 0 Å². The third-order valence-corrected chi connectivity index (χ3v) is 10.7. The highest BCUT2D eigenvalue weighted by atomic mass is 19.4. The smallest absolute Gasteiger partial charge is 0.309 e. The molecule has 2 heterocycles. The molecule has 0 atom stereocenters. The minimum atomic E-state index is -4.55. The molecule has 7 heteroatoms. The maximum Gasteiger partial charge on any atom is 0.416 e. The van der Waals surface area contributed by atoms with Crippen molar-refractivity contribution in [1.29, 1.82) is 0 Å². The molecule has 2 aromatic heterocycles. The Bertz CT molecular complexity index is 2970. The molecule has 0 N–H and O–H groups in total. The van der Waals surface area contributed by atoms with Gasteiger partial charge in [0, 0.05) is 33.2 Å². The first-order chi connectivity index (χ1) is 28.9. The van der Waals surface area contributed by atoms with Crippen molar-refractivity contribution >= 4 is 21.8 Å². The summed E-state index contributed by atoms with van der Waals surface area (Å²) in [5.41, 5.74) is 9.30. The number of alkyl halides is 3. The van der Waals surface area contributed by atoms with Gasteiger partial charge in [0.25, 0.3) is 0 Å². The van der Waals surface area contributed by atoms with E-state index in [0.29, 0.717) is 34.2 Å². The summed E-state index contributed by atoms with van der Waals surface area (Å²) in [5, 5.41) is 2.11. The maximum atomic E-state index is 14.4. The Morgan fingerprint density at radius 1 is 0.339 bits per heavy atom. The van der Waals surface area contributed by atoms with Crippen LogP contribution in [0.3, 0.4) is 0 Å². The van der Waals surface area contributed by atoms with Crippen molar-refractivity contribution in [3.8, 4) is 73.2 Å². The second-order valence-electron chi connectivity index (χ2n) is 14.4. The van der Waals surface area contributed by atoms with E-state index in [1.165, 1.54) is 12.1 Å². The summed E-state index contributed by atoms with van der Waals surface area (Å²) in [6, 6.07) is 64.0. The molecule has 0 spiro atoms. The fraction of sp³-hybridized carbons (Fsp3) is 0.0192. The van der Waals surface area contributed by atoms with E-state index in [4.69, 9.17) is 15.0 Å². The highest BCUT2D eigenvalue weighted by Gasteiger charge is 2.31. The molecule has 0 fully saturated rings. The molecule has 59 heavy (non-hydrogen) atoms. The van der Waals surface area contributed by atoms with Gasteiger partial charge in [0.15, 0.2) is 17.5 Å². The highest BCUT2D eigenvalue weighted by molar-refractivity contribution is 6.11. The van der Waals surface area contributed by atoms with Gasteiger partial charge in [0.05, 0.1) is 16.6 Å². The number of hydrogen-bond acceptors (Lipinski definition) is 3. The average Bonchev–Trinajstić information content (AvgIpc) is 3.62. The standard InChI is InChI=1S/C52H33F3N4/c53-52(54,55)41-23-13-22-40(30-41)46-33-42(26-29-45(46)51-57-49(36-18-9-3-10-19-36)56-50(58-51)37-20-11-4-12-21-37)59-47-31-38(34-14-5-1-6-15-34)24-27-43(47)44-28-25-39(32-48(44)59)35-16-7-2-8-17-35/h1-33H. The number of aromatic nitrogens is 4. The first-order valence-electron chi connectivity index (χ1n) is 19.3. The van der Waals surface area contributed by atoms with Gasteiger partial charge < -0.3 is 4.57 Å². The maximum absolute atomic E-state index is 14.4. The third kappa shape index (κ3) is 6.83. The largest absolute Gasteiger partial charge is 0.416 e. The molecular weight excluding hydrogens is 738 g/mol. The second-order valence-corrected chi connectivity index (χ2v) is 14.4. The minimum absolute atomic E-state index is 0.344. The number of nitrogens with zero attached hydrogens (tertiary/aromatic N) is 4. The van der Waals surface area contributed by atoms with E-state index >= 15 is 0 Å². The van der Waals surface area contributed by atoms with E-state index in [1.807, 2.05) is 115 Å². The van der Waals surface area contributed by atoms with Gasteiger partial charge in [-0.3, -0.25) is 0 Å². The van der Waals surface area contributed by atoms with Crippen LogP contribution >= 0.6 is 0 Å². The second kappa shape index (κ2) is 14.7. The van der Waals surface area contributed by atoms with Crippen LogP contribution in [-0.2, 0) is 6.18 Å². The van der Waals surface area contributed by atoms with Crippen molar-refractivity contribution in [1.82, 2.24) is 19.5 Å². The van der Waals surface area contributed by atoms with Crippen molar-refractivity contribution in [2.75, 3.05) is 0 Å². The Kier molecular flexibility index (Phi) is 8.91. The monoisotopic (exact) mass is 770 g/mol. The molecule has 282 valence electrons. The Labute approximate surface area is 338 Å². The third-order valence-electron chi connectivity index (χ3n) is 10.7. The van der Waals surface area contributed by atoms with Crippen LogP contribution in [0, 0.1) is 0 Å². The summed E-state index contributed by atoms with van der Waals surface area (Å²) >= 11 is 0. The molecule has 0 bridgehead atoms. The fourth-order valence-electron chi connectivity index (χ4n) is 7.81. The first kappa shape index (κ1) is 35.8. The van der Waals surface area contributed by atoms with Gasteiger partial charge in [0.1, 0.15) is 0 Å². The van der Waals surface area contributed by atoms with Crippen LogP contribution in [0.1, 0.15) is 5.56 Å². The fourth-order valence-corrected chi connectivity index (χ4v) is 7.81. The molecule has 10 aromatic rings. The molecule has 0 amide bonds. The van der Waals surface area contributed by atoms with E-state index in [1.54, 1.807) is 6.07 Å². The first-order valence-corrected chi connectivity index (χ1v) is 19.3. The molecule has 4 nitrogen and oxygen atoms in total. The molecule has 0 aliphatic carbocycles. The normalized spacial score (nSPS) is 11.6. The molecule has 8 aromatic carbocycles. The lowest BCUT2D eigenvalue weighted by atomic mass is 9.96. The minimum Gasteiger partial charge on any atom is -0.309 e. The Hall–Kier alpha value is -7.64. The highest BCUT2D eigenvalue weighted by Crippen LogP contribution is 2.41.